The molecule has 1 fully saturated rings. The molecule has 0 aromatic carbocycles. The molecule has 0 radical (unpaired) electrons. The number of likely N-dealkylation sites (tertiary alicyclic amines) is 1. The summed E-state index contributed by atoms with van der Waals surface area (Å²) in [5.74, 6) is -3.10. The minimum Gasteiger partial charge on any atom is -0.480 e. The minimum atomic E-state index is -1.09. The number of amides is 3. The number of rotatable bonds is 13. The quantitative estimate of drug-likeness (QED) is 0.0889. The fourth-order valence-corrected chi connectivity index (χ4v) is 4.03. The van der Waals surface area contributed by atoms with Crippen molar-refractivity contribution >= 4 is 29.7 Å². The summed E-state index contributed by atoms with van der Waals surface area (Å²) in [7, 11) is 0. The van der Waals surface area contributed by atoms with Crippen LogP contribution in [-0.2, 0) is 25.6 Å². The lowest BCUT2D eigenvalue weighted by molar-refractivity contribution is -0.149. The van der Waals surface area contributed by atoms with Gasteiger partial charge in [-0.3, -0.25) is 19.4 Å². The number of hydrogen-bond donors (Lipinski definition) is 7. The number of imidazole rings is 1. The summed E-state index contributed by atoms with van der Waals surface area (Å²) in [5.41, 5.74) is 17.4. The second kappa shape index (κ2) is 13.4. The Balaban J connectivity index is 2.12. The first-order chi connectivity index (χ1) is 17.0. The van der Waals surface area contributed by atoms with Crippen molar-refractivity contribution in [3.8, 4) is 0 Å². The summed E-state index contributed by atoms with van der Waals surface area (Å²) in [6, 6.07) is -3.84. The van der Waals surface area contributed by atoms with E-state index >= 15 is 0 Å². The van der Waals surface area contributed by atoms with Gasteiger partial charge in [0.05, 0.1) is 12.4 Å². The highest BCUT2D eigenvalue weighted by Crippen LogP contribution is 2.20. The van der Waals surface area contributed by atoms with E-state index in [0.29, 0.717) is 25.0 Å². The van der Waals surface area contributed by atoms with Gasteiger partial charge in [0.15, 0.2) is 5.96 Å². The van der Waals surface area contributed by atoms with Crippen LogP contribution in [0.25, 0.3) is 0 Å². The van der Waals surface area contributed by atoms with Crippen molar-refractivity contribution in [2.24, 2.45) is 28.1 Å². The Hall–Kier alpha value is -3.68. The van der Waals surface area contributed by atoms with Crippen molar-refractivity contribution in [3.63, 3.8) is 0 Å². The van der Waals surface area contributed by atoms with E-state index in [9.17, 15) is 24.3 Å². The molecule has 14 heteroatoms. The zero-order valence-electron chi connectivity index (χ0n) is 20.6. The molecule has 1 aliphatic rings. The van der Waals surface area contributed by atoms with Gasteiger partial charge in [0.2, 0.25) is 17.7 Å². The van der Waals surface area contributed by atoms with Crippen LogP contribution in [0.3, 0.4) is 0 Å². The first-order valence-electron chi connectivity index (χ1n) is 11.9. The third-order valence-electron chi connectivity index (χ3n) is 5.96. The molecule has 36 heavy (non-hydrogen) atoms. The molecule has 1 aromatic rings. The molecule has 1 aromatic heterocycles. The number of carboxylic acids is 1. The lowest BCUT2D eigenvalue weighted by Gasteiger charge is -2.30. The summed E-state index contributed by atoms with van der Waals surface area (Å²) >= 11 is 0. The number of carbonyl (C=O) groups excluding carboxylic acids is 3. The largest absolute Gasteiger partial charge is 0.480 e. The van der Waals surface area contributed by atoms with Gasteiger partial charge < -0.3 is 42.8 Å². The Morgan fingerprint density at radius 3 is 2.56 bits per heavy atom. The fourth-order valence-electron chi connectivity index (χ4n) is 4.03. The molecule has 1 saturated heterocycles. The van der Waals surface area contributed by atoms with Gasteiger partial charge in [-0.1, -0.05) is 13.8 Å². The monoisotopic (exact) mass is 507 g/mol. The van der Waals surface area contributed by atoms with Crippen LogP contribution >= 0.6 is 0 Å². The average Bonchev–Trinajstić information content (AvgIpc) is 3.50. The van der Waals surface area contributed by atoms with Gasteiger partial charge in [-0.15, -0.1) is 0 Å². The van der Waals surface area contributed by atoms with Crippen LogP contribution in [0.15, 0.2) is 17.5 Å². The maximum absolute atomic E-state index is 13.3. The molecular formula is C22H37N9O5. The van der Waals surface area contributed by atoms with E-state index in [2.05, 4.69) is 25.6 Å². The van der Waals surface area contributed by atoms with Crippen molar-refractivity contribution < 1.29 is 24.3 Å². The van der Waals surface area contributed by atoms with Gasteiger partial charge in [0.25, 0.3) is 0 Å². The number of guanidine groups is 1. The van der Waals surface area contributed by atoms with E-state index in [1.165, 1.54) is 11.2 Å². The van der Waals surface area contributed by atoms with Gasteiger partial charge in [-0.2, -0.15) is 0 Å². The SMILES string of the molecule is CC(C)C(NC(=O)C(N)Cc1cnc[nH]1)C(=O)NC(CCCN=C(N)N)C(=O)N1CCCC1C(=O)O. The summed E-state index contributed by atoms with van der Waals surface area (Å²) in [6.07, 6.45) is 4.68. The zero-order chi connectivity index (χ0) is 26.8. The number of hydrogen-bond acceptors (Lipinski definition) is 7. The van der Waals surface area contributed by atoms with Gasteiger partial charge in [0, 0.05) is 31.4 Å². The van der Waals surface area contributed by atoms with E-state index in [4.69, 9.17) is 17.2 Å². The van der Waals surface area contributed by atoms with E-state index in [0.717, 1.165) is 0 Å². The Morgan fingerprint density at radius 2 is 1.97 bits per heavy atom. The standard InChI is InChI=1S/C22H37N9O5/c1-12(2)17(30-18(32)14(23)9-13-10-26-11-28-13)19(33)29-15(5-3-7-27-22(24)25)20(34)31-8-4-6-16(31)21(35)36/h10-12,14-17H,3-9,23H2,1-2H3,(H,26,28)(H,29,33)(H,30,32)(H,35,36)(H4,24,25,27). The summed E-state index contributed by atoms with van der Waals surface area (Å²) in [5, 5.41) is 14.9. The predicted octanol–water partition coefficient (Wildman–Crippen LogP) is -1.97. The smallest absolute Gasteiger partial charge is 0.326 e. The first kappa shape index (κ1) is 28.6. The highest BCUT2D eigenvalue weighted by Gasteiger charge is 2.38. The summed E-state index contributed by atoms with van der Waals surface area (Å²) < 4.78 is 0. The maximum Gasteiger partial charge on any atom is 0.326 e. The number of aromatic nitrogens is 2. The zero-order valence-corrected chi connectivity index (χ0v) is 20.6. The minimum absolute atomic E-state index is 0.0959. The molecule has 2 rings (SSSR count). The molecule has 14 nitrogen and oxygen atoms in total. The van der Waals surface area contributed by atoms with Crippen molar-refractivity contribution in [1.29, 1.82) is 0 Å². The predicted molar refractivity (Wildman–Crippen MR) is 131 cm³/mol. The third kappa shape index (κ3) is 8.22. The number of nitrogens with zero attached hydrogens (tertiary/aromatic N) is 3. The van der Waals surface area contributed by atoms with Crippen molar-refractivity contribution in [2.75, 3.05) is 13.1 Å². The van der Waals surface area contributed by atoms with E-state index in [1.54, 1.807) is 20.0 Å². The molecule has 4 atom stereocenters. The topological polar surface area (TPSA) is 235 Å². The average molecular weight is 508 g/mol. The number of aliphatic carboxylic acids is 1. The van der Waals surface area contributed by atoms with E-state index in [-0.39, 0.29) is 37.8 Å². The van der Waals surface area contributed by atoms with Crippen molar-refractivity contribution in [1.82, 2.24) is 25.5 Å². The van der Waals surface area contributed by atoms with Crippen LogP contribution < -0.4 is 27.8 Å². The number of nitrogens with one attached hydrogen (secondary N) is 3. The van der Waals surface area contributed by atoms with E-state index in [1.807, 2.05) is 0 Å². The van der Waals surface area contributed by atoms with Crippen molar-refractivity contribution in [2.45, 2.75) is 70.1 Å². The number of carboxylic acid groups (broad SMARTS) is 1. The normalized spacial score (nSPS) is 17.8. The van der Waals surface area contributed by atoms with Gasteiger partial charge in [-0.05, 0) is 31.6 Å². The number of carbonyl (C=O) groups is 4. The number of H-pyrrole nitrogens is 1. The molecule has 10 N–H and O–H groups in total. The Morgan fingerprint density at radius 1 is 1.25 bits per heavy atom. The fraction of sp³-hybridized carbons (Fsp3) is 0.636. The molecule has 0 aliphatic carbocycles. The molecular weight excluding hydrogens is 470 g/mol. The Kier molecular flexibility index (Phi) is 10.6. The van der Waals surface area contributed by atoms with Gasteiger partial charge in [-0.25, -0.2) is 9.78 Å². The highest BCUT2D eigenvalue weighted by molar-refractivity contribution is 5.94. The molecule has 1 aliphatic heterocycles. The molecule has 0 bridgehead atoms. The van der Waals surface area contributed by atoms with Crippen LogP contribution in [0.2, 0.25) is 0 Å². The molecule has 200 valence electrons. The molecule has 2 heterocycles. The molecule has 0 spiro atoms. The molecule has 3 amide bonds. The van der Waals surface area contributed by atoms with Crippen LogP contribution in [-0.4, -0.2) is 86.9 Å². The second-order valence-electron chi connectivity index (χ2n) is 9.16. The lowest BCUT2D eigenvalue weighted by Crippen LogP contribution is -2.58. The second-order valence-corrected chi connectivity index (χ2v) is 9.16. The van der Waals surface area contributed by atoms with E-state index < -0.39 is 47.9 Å². The van der Waals surface area contributed by atoms with Crippen LogP contribution in [0.1, 0.15) is 45.2 Å². The third-order valence-corrected chi connectivity index (χ3v) is 5.96. The lowest BCUT2D eigenvalue weighted by atomic mass is 10.0. The van der Waals surface area contributed by atoms with Crippen molar-refractivity contribution in [3.05, 3.63) is 18.2 Å². The first-order valence-corrected chi connectivity index (χ1v) is 11.9. The highest BCUT2D eigenvalue weighted by atomic mass is 16.4. The van der Waals surface area contributed by atoms with Gasteiger partial charge >= 0.3 is 5.97 Å². The maximum atomic E-state index is 13.3. The Labute approximate surface area is 209 Å². The number of aromatic amines is 1. The molecule has 0 saturated carbocycles. The summed E-state index contributed by atoms with van der Waals surface area (Å²) in [6.45, 7) is 4.02. The van der Waals surface area contributed by atoms with Crippen LogP contribution in [0.4, 0.5) is 0 Å². The Bertz CT molecular complexity index is 930. The van der Waals surface area contributed by atoms with Crippen LogP contribution in [0.5, 0.6) is 0 Å². The van der Waals surface area contributed by atoms with Crippen LogP contribution in [0, 0.1) is 5.92 Å². The summed E-state index contributed by atoms with van der Waals surface area (Å²) in [4.78, 5) is 62.7. The number of nitrogens with two attached hydrogens (primary N) is 3. The van der Waals surface area contributed by atoms with Gasteiger partial charge in [0.1, 0.15) is 18.1 Å². The number of aliphatic imine (C=N–C) groups is 1. The molecule has 4 unspecified atom stereocenters.